The predicted molar refractivity (Wildman–Crippen MR) is 122 cm³/mol. The summed E-state index contributed by atoms with van der Waals surface area (Å²) < 4.78 is 25.1. The monoisotopic (exact) mass is 457 g/mol. The third kappa shape index (κ3) is 4.25. The van der Waals surface area contributed by atoms with Gasteiger partial charge in [-0.1, -0.05) is 11.2 Å². The van der Waals surface area contributed by atoms with Crippen LogP contribution in [0.25, 0.3) is 11.0 Å². The molecule has 1 atom stereocenters. The van der Waals surface area contributed by atoms with E-state index in [2.05, 4.69) is 25.4 Å². The Morgan fingerprint density at radius 3 is 2.41 bits per heavy atom. The van der Waals surface area contributed by atoms with Gasteiger partial charge < -0.3 is 33.9 Å². The molecule has 2 heterocycles. The van der Waals surface area contributed by atoms with Crippen molar-refractivity contribution in [3.05, 3.63) is 42.1 Å². The highest BCUT2D eigenvalue weighted by molar-refractivity contribution is 8.00. The Morgan fingerprint density at radius 1 is 1.06 bits per heavy atom. The summed E-state index contributed by atoms with van der Waals surface area (Å²) in [6, 6.07) is 10.9. The summed E-state index contributed by atoms with van der Waals surface area (Å²) in [6.07, 6.45) is -0.648. The molecule has 4 aromatic rings. The third-order valence-electron chi connectivity index (χ3n) is 4.73. The molecular formula is C21H23N5O5S. The molecule has 32 heavy (non-hydrogen) atoms. The number of ether oxygens (including phenoxy) is 3. The van der Waals surface area contributed by atoms with E-state index in [1.807, 2.05) is 24.3 Å². The summed E-state index contributed by atoms with van der Waals surface area (Å²) in [4.78, 5) is 0.784. The first kappa shape index (κ1) is 21.7. The van der Waals surface area contributed by atoms with E-state index in [4.69, 9.17) is 18.7 Å². The highest BCUT2D eigenvalue weighted by atomic mass is 32.2. The molecule has 4 N–H and O–H groups in total. The molecule has 0 bridgehead atoms. The van der Waals surface area contributed by atoms with Crippen LogP contribution in [0.1, 0.15) is 18.7 Å². The van der Waals surface area contributed by atoms with Gasteiger partial charge in [0.25, 0.3) is 0 Å². The Hall–Kier alpha value is -3.57. The summed E-state index contributed by atoms with van der Waals surface area (Å²) in [7, 11) is 4.79. The molecule has 0 spiro atoms. The van der Waals surface area contributed by atoms with Crippen molar-refractivity contribution in [3.63, 3.8) is 0 Å². The molecule has 2 aromatic heterocycles. The number of H-pyrrole nitrogens is 1. The normalized spacial score (nSPS) is 11.9. The standard InChI is InChI=1S/C21H23N5O5S/c1-11(27)13-10-19(24-23-13)22-14-9-17-12(8-18(14)30-4)21(25-31-17)26-32-20-15(28-2)6-5-7-16(20)29-3/h5-11,27H,1-4H3,(H,25,26)(H2,22,23,24). The minimum atomic E-state index is -0.648. The summed E-state index contributed by atoms with van der Waals surface area (Å²) in [5.41, 5.74) is 1.79. The van der Waals surface area contributed by atoms with Crippen molar-refractivity contribution in [2.75, 3.05) is 31.4 Å². The van der Waals surface area contributed by atoms with Gasteiger partial charge >= 0.3 is 0 Å². The molecular weight excluding hydrogens is 434 g/mol. The average molecular weight is 458 g/mol. The quantitative estimate of drug-likeness (QED) is 0.267. The van der Waals surface area contributed by atoms with Crippen LogP contribution in [0.4, 0.5) is 17.3 Å². The molecule has 0 radical (unpaired) electrons. The maximum absolute atomic E-state index is 9.68. The van der Waals surface area contributed by atoms with Crippen LogP contribution >= 0.6 is 11.9 Å². The van der Waals surface area contributed by atoms with E-state index in [-0.39, 0.29) is 0 Å². The Kier molecular flexibility index (Phi) is 6.28. The van der Waals surface area contributed by atoms with Gasteiger partial charge in [0.05, 0.1) is 44.2 Å². The number of aromatic nitrogens is 3. The first-order valence-corrected chi connectivity index (χ1v) is 10.5. The number of nitrogens with zero attached hydrogens (tertiary/aromatic N) is 2. The number of hydrogen-bond donors (Lipinski definition) is 4. The molecule has 0 saturated carbocycles. The van der Waals surface area contributed by atoms with E-state index in [0.717, 1.165) is 10.3 Å². The second kappa shape index (κ2) is 9.28. The van der Waals surface area contributed by atoms with Crippen molar-refractivity contribution >= 4 is 40.2 Å². The Bertz CT molecular complexity index is 1200. The molecule has 0 aliphatic heterocycles. The Balaban J connectivity index is 1.60. The number of hydrogen-bond acceptors (Lipinski definition) is 10. The third-order valence-corrected chi connectivity index (χ3v) is 5.64. The zero-order valence-electron chi connectivity index (χ0n) is 17.9. The maximum atomic E-state index is 9.68. The van der Waals surface area contributed by atoms with Crippen molar-refractivity contribution in [2.24, 2.45) is 0 Å². The van der Waals surface area contributed by atoms with Gasteiger partial charge in [-0.25, -0.2) is 0 Å². The Labute approximate surface area is 188 Å². The highest BCUT2D eigenvalue weighted by Gasteiger charge is 2.17. The van der Waals surface area contributed by atoms with Gasteiger partial charge in [-0.15, -0.1) is 0 Å². The lowest BCUT2D eigenvalue weighted by molar-refractivity contribution is 0.194. The van der Waals surface area contributed by atoms with Gasteiger partial charge in [0.2, 0.25) is 0 Å². The average Bonchev–Trinajstić information content (AvgIpc) is 3.43. The number of anilines is 3. The Morgan fingerprint density at radius 2 is 1.78 bits per heavy atom. The SMILES string of the molecule is COc1cc2c(NSc3c(OC)cccc3OC)noc2cc1Nc1cc(C(C)O)[nH]n1. The van der Waals surface area contributed by atoms with Crippen LogP contribution in [0.3, 0.4) is 0 Å². The molecule has 168 valence electrons. The number of aliphatic hydroxyl groups excluding tert-OH is 1. The van der Waals surface area contributed by atoms with Crippen LogP contribution in [0.5, 0.6) is 17.2 Å². The molecule has 0 fully saturated rings. The molecule has 1 unspecified atom stereocenters. The van der Waals surface area contributed by atoms with E-state index in [0.29, 0.717) is 45.8 Å². The first-order valence-electron chi connectivity index (χ1n) is 9.65. The summed E-state index contributed by atoms with van der Waals surface area (Å²) >= 11 is 1.30. The number of methoxy groups -OCH3 is 3. The molecule has 0 saturated heterocycles. The molecule has 4 rings (SSSR count). The van der Waals surface area contributed by atoms with Gasteiger partial charge in [0, 0.05) is 12.1 Å². The molecule has 2 aromatic carbocycles. The fraction of sp³-hybridized carbons (Fsp3) is 0.238. The van der Waals surface area contributed by atoms with Gasteiger partial charge in [0.15, 0.2) is 17.2 Å². The lowest BCUT2D eigenvalue weighted by Crippen LogP contribution is -1.96. The van der Waals surface area contributed by atoms with Crippen LogP contribution in [0.2, 0.25) is 0 Å². The highest BCUT2D eigenvalue weighted by Crippen LogP contribution is 2.40. The van der Waals surface area contributed by atoms with Crippen LogP contribution < -0.4 is 24.2 Å². The summed E-state index contributed by atoms with van der Waals surface area (Å²) in [5, 5.41) is 24.7. The zero-order valence-corrected chi connectivity index (χ0v) is 18.7. The number of benzene rings is 2. The second-order valence-electron chi connectivity index (χ2n) is 6.79. The molecule has 11 heteroatoms. The topological polar surface area (TPSA) is 127 Å². The van der Waals surface area contributed by atoms with Crippen molar-refractivity contribution < 1.29 is 23.8 Å². The number of aliphatic hydroxyl groups is 1. The van der Waals surface area contributed by atoms with Crippen LogP contribution in [-0.2, 0) is 0 Å². The van der Waals surface area contributed by atoms with Crippen molar-refractivity contribution in [1.29, 1.82) is 0 Å². The van der Waals surface area contributed by atoms with E-state index >= 15 is 0 Å². The van der Waals surface area contributed by atoms with E-state index in [9.17, 15) is 5.11 Å². The van der Waals surface area contributed by atoms with Gasteiger partial charge in [-0.2, -0.15) is 5.10 Å². The predicted octanol–water partition coefficient (Wildman–Crippen LogP) is 4.49. The van der Waals surface area contributed by atoms with Crippen molar-refractivity contribution in [2.45, 2.75) is 17.9 Å². The molecule has 0 aliphatic rings. The number of nitrogens with one attached hydrogen (secondary N) is 3. The van der Waals surface area contributed by atoms with Crippen molar-refractivity contribution in [1.82, 2.24) is 15.4 Å². The van der Waals surface area contributed by atoms with Gasteiger partial charge in [-0.05, 0) is 37.1 Å². The van der Waals surface area contributed by atoms with Crippen LogP contribution in [-0.4, -0.2) is 41.8 Å². The molecule has 10 nitrogen and oxygen atoms in total. The minimum Gasteiger partial charge on any atom is -0.495 e. The van der Waals surface area contributed by atoms with Crippen molar-refractivity contribution in [3.8, 4) is 17.2 Å². The van der Waals surface area contributed by atoms with Crippen LogP contribution in [0.15, 0.2) is 45.8 Å². The zero-order chi connectivity index (χ0) is 22.7. The number of rotatable bonds is 9. The number of aromatic amines is 1. The molecule has 0 amide bonds. The smallest absolute Gasteiger partial charge is 0.187 e. The largest absolute Gasteiger partial charge is 0.495 e. The van der Waals surface area contributed by atoms with E-state index < -0.39 is 6.10 Å². The second-order valence-corrected chi connectivity index (χ2v) is 7.60. The van der Waals surface area contributed by atoms with E-state index in [1.54, 1.807) is 40.4 Å². The van der Waals surface area contributed by atoms with E-state index in [1.165, 1.54) is 11.9 Å². The number of fused-ring (bicyclic) bond motifs is 1. The lowest BCUT2D eigenvalue weighted by atomic mass is 10.2. The van der Waals surface area contributed by atoms with Gasteiger partial charge in [-0.3, -0.25) is 5.10 Å². The maximum Gasteiger partial charge on any atom is 0.187 e. The molecule has 0 aliphatic carbocycles. The van der Waals surface area contributed by atoms with Crippen LogP contribution in [0, 0.1) is 0 Å². The summed E-state index contributed by atoms with van der Waals surface area (Å²) in [5.74, 6) is 2.99. The first-order chi connectivity index (χ1) is 15.5. The minimum absolute atomic E-state index is 0.527. The van der Waals surface area contributed by atoms with Gasteiger partial charge in [0.1, 0.15) is 22.1 Å². The fourth-order valence-electron chi connectivity index (χ4n) is 3.07. The summed E-state index contributed by atoms with van der Waals surface area (Å²) in [6.45, 7) is 1.66. The lowest BCUT2D eigenvalue weighted by Gasteiger charge is -2.12. The fourth-order valence-corrected chi connectivity index (χ4v) is 3.92.